The number of aromatic amines is 1. The summed E-state index contributed by atoms with van der Waals surface area (Å²) < 4.78 is 39.2. The lowest BCUT2D eigenvalue weighted by Gasteiger charge is -2.19. The lowest BCUT2D eigenvalue weighted by atomic mass is 10.1. The molecule has 3 aromatic heterocycles. The van der Waals surface area contributed by atoms with Gasteiger partial charge in [0.05, 0.1) is 6.54 Å². The van der Waals surface area contributed by atoms with Gasteiger partial charge in [-0.25, -0.2) is 14.4 Å². The molecule has 2 aliphatic heterocycles. The number of H-pyrrole nitrogens is 1. The Morgan fingerprint density at radius 1 is 1.32 bits per heavy atom. The SMILES string of the molecule is [2H]C([2H])([2H])N1C[C@H]2C[C@@]2(C#Cc2cc(C)nc(C(=O)NC(c3cc4ccccc4[nH]3)c3ncc4n3C[C@@H](F)C4)c2)C1. The summed E-state index contributed by atoms with van der Waals surface area (Å²) in [6.07, 6.45) is 1.89. The first-order valence-corrected chi connectivity index (χ1v) is 12.9. The van der Waals surface area contributed by atoms with Crippen molar-refractivity contribution in [2.75, 3.05) is 20.1 Å². The summed E-state index contributed by atoms with van der Waals surface area (Å²) in [4.78, 5) is 27.7. The van der Waals surface area contributed by atoms with E-state index in [9.17, 15) is 9.18 Å². The highest BCUT2D eigenvalue weighted by Gasteiger charge is 2.58. The molecule has 1 saturated carbocycles. The van der Waals surface area contributed by atoms with Crippen LogP contribution in [0.1, 0.15) is 55.5 Å². The van der Waals surface area contributed by atoms with E-state index in [0.29, 0.717) is 36.6 Å². The maximum Gasteiger partial charge on any atom is 0.270 e. The van der Waals surface area contributed by atoms with E-state index in [1.165, 1.54) is 4.90 Å². The summed E-state index contributed by atoms with van der Waals surface area (Å²) in [5.74, 6) is 6.95. The van der Waals surface area contributed by atoms with Gasteiger partial charge in [-0.05, 0) is 55.9 Å². The van der Waals surface area contributed by atoms with Crippen LogP contribution >= 0.6 is 0 Å². The molecule has 8 heteroatoms. The third kappa shape index (κ3) is 3.98. The molecular formula is C30H29FN6O. The van der Waals surface area contributed by atoms with Crippen molar-refractivity contribution >= 4 is 16.8 Å². The van der Waals surface area contributed by atoms with Crippen molar-refractivity contribution < 1.29 is 13.3 Å². The molecule has 3 aliphatic rings. The van der Waals surface area contributed by atoms with Crippen LogP contribution in [-0.2, 0) is 13.0 Å². The number of carbonyl (C=O) groups is 1. The normalized spacial score (nSPS) is 26.0. The lowest BCUT2D eigenvalue weighted by Crippen LogP contribution is -2.32. The second-order valence-corrected chi connectivity index (χ2v) is 10.8. The Hall–Kier alpha value is -3.96. The molecule has 7 rings (SSSR count). The van der Waals surface area contributed by atoms with Gasteiger partial charge in [-0.15, -0.1) is 0 Å². The summed E-state index contributed by atoms with van der Waals surface area (Å²) >= 11 is 0. The van der Waals surface area contributed by atoms with Gasteiger partial charge < -0.3 is 19.8 Å². The third-order valence-electron chi connectivity index (χ3n) is 7.96. The Morgan fingerprint density at radius 2 is 2.21 bits per heavy atom. The van der Waals surface area contributed by atoms with Gasteiger partial charge in [-0.2, -0.15) is 0 Å². The van der Waals surface area contributed by atoms with E-state index >= 15 is 0 Å². The third-order valence-corrected chi connectivity index (χ3v) is 7.96. The number of amides is 1. The van der Waals surface area contributed by atoms with E-state index in [1.807, 2.05) is 47.9 Å². The summed E-state index contributed by atoms with van der Waals surface area (Å²) in [5, 5.41) is 4.08. The van der Waals surface area contributed by atoms with Crippen molar-refractivity contribution in [1.82, 2.24) is 29.7 Å². The molecule has 0 spiro atoms. The number of pyridine rings is 1. The number of benzene rings is 1. The van der Waals surface area contributed by atoms with Gasteiger partial charge in [-0.1, -0.05) is 30.0 Å². The molecule has 38 heavy (non-hydrogen) atoms. The first-order valence-electron chi connectivity index (χ1n) is 14.4. The van der Waals surface area contributed by atoms with Crippen LogP contribution in [0.3, 0.4) is 0 Å². The van der Waals surface area contributed by atoms with Crippen LogP contribution in [0.5, 0.6) is 0 Å². The fourth-order valence-electron chi connectivity index (χ4n) is 5.99. The number of hydrogen-bond donors (Lipinski definition) is 2. The average Bonchev–Trinajstić information content (AvgIpc) is 3.38. The number of nitrogens with one attached hydrogen (secondary N) is 2. The van der Waals surface area contributed by atoms with Gasteiger partial charge in [0.2, 0.25) is 0 Å². The number of fused-ring (bicyclic) bond motifs is 3. The van der Waals surface area contributed by atoms with Crippen molar-refractivity contribution in [1.29, 1.82) is 0 Å². The molecular weight excluding hydrogens is 479 g/mol. The number of carbonyl (C=O) groups excluding carboxylic acids is 1. The van der Waals surface area contributed by atoms with Gasteiger partial charge in [0.1, 0.15) is 23.7 Å². The number of para-hydroxylation sites is 1. The molecule has 5 heterocycles. The van der Waals surface area contributed by atoms with E-state index < -0.39 is 25.1 Å². The second kappa shape index (κ2) is 8.53. The highest BCUT2D eigenvalue weighted by atomic mass is 19.1. The van der Waals surface area contributed by atoms with Crippen LogP contribution in [0.25, 0.3) is 10.9 Å². The van der Waals surface area contributed by atoms with Gasteiger partial charge in [0.25, 0.3) is 5.91 Å². The quantitative estimate of drug-likeness (QED) is 0.409. The van der Waals surface area contributed by atoms with Crippen molar-refractivity contribution in [3.63, 3.8) is 0 Å². The minimum Gasteiger partial charge on any atom is -0.356 e. The van der Waals surface area contributed by atoms with Crippen LogP contribution in [0.4, 0.5) is 4.39 Å². The number of aromatic nitrogens is 4. The number of rotatable bonds is 4. The molecule has 0 bridgehead atoms. The molecule has 7 nitrogen and oxygen atoms in total. The van der Waals surface area contributed by atoms with Crippen LogP contribution in [-0.4, -0.2) is 56.6 Å². The average molecular weight is 512 g/mol. The zero-order valence-corrected chi connectivity index (χ0v) is 21.0. The molecule has 1 amide bonds. The molecule has 1 aromatic carbocycles. The number of halogens is 1. The standard InChI is InChI=1S/C30H29FN6O/c1-18-9-19(7-8-30-13-21(30)15-36(2)17-30)10-26(33-18)29(38)35-27(25-11-20-5-3-4-6-24(20)34-25)28-32-14-23-12-22(31)16-37(23)28/h3-6,9-11,14,21-22,27,34H,12-13,15-17H2,1-2H3,(H,35,38)/t21-,22+,27?,30+/m1/s1/i2D3. The van der Waals surface area contributed by atoms with Crippen LogP contribution in [0.15, 0.2) is 48.7 Å². The maximum absolute atomic E-state index is 14.3. The molecule has 2 N–H and O–H groups in total. The minimum atomic E-state index is -2.11. The summed E-state index contributed by atoms with van der Waals surface area (Å²) in [7, 11) is 0. The molecule has 1 aliphatic carbocycles. The lowest BCUT2D eigenvalue weighted by molar-refractivity contribution is 0.0935. The van der Waals surface area contributed by atoms with Crippen molar-refractivity contribution in [2.45, 2.75) is 38.5 Å². The van der Waals surface area contributed by atoms with E-state index in [0.717, 1.165) is 28.7 Å². The van der Waals surface area contributed by atoms with E-state index in [4.69, 9.17) is 4.11 Å². The Bertz CT molecular complexity index is 1720. The number of hydrogen-bond acceptors (Lipinski definition) is 4. The Morgan fingerprint density at radius 3 is 3.05 bits per heavy atom. The topological polar surface area (TPSA) is 78.8 Å². The zero-order valence-electron chi connectivity index (χ0n) is 24.0. The van der Waals surface area contributed by atoms with Crippen LogP contribution in [0, 0.1) is 30.1 Å². The predicted molar refractivity (Wildman–Crippen MR) is 142 cm³/mol. The van der Waals surface area contributed by atoms with Crippen LogP contribution in [0.2, 0.25) is 0 Å². The monoisotopic (exact) mass is 511 g/mol. The number of piperidine rings is 1. The fourth-order valence-corrected chi connectivity index (χ4v) is 5.99. The van der Waals surface area contributed by atoms with Gasteiger partial charge in [-0.3, -0.25) is 4.79 Å². The molecule has 2 fully saturated rings. The van der Waals surface area contributed by atoms with Crippen molar-refractivity contribution in [3.05, 3.63) is 82.8 Å². The van der Waals surface area contributed by atoms with Crippen molar-refractivity contribution in [2.24, 2.45) is 11.3 Å². The largest absolute Gasteiger partial charge is 0.356 e. The Labute approximate surface area is 224 Å². The molecule has 1 saturated heterocycles. The Kier molecular flexibility index (Phi) is 4.51. The fraction of sp³-hybridized carbons (Fsp3) is 0.367. The number of nitrogens with zero attached hydrogens (tertiary/aromatic N) is 4. The molecule has 4 atom stereocenters. The smallest absolute Gasteiger partial charge is 0.270 e. The zero-order chi connectivity index (χ0) is 28.5. The summed E-state index contributed by atoms with van der Waals surface area (Å²) in [6.45, 7) is 0.858. The molecule has 1 unspecified atom stereocenters. The van der Waals surface area contributed by atoms with E-state index in [1.54, 1.807) is 12.3 Å². The number of alkyl halides is 1. The molecule has 4 aromatic rings. The van der Waals surface area contributed by atoms with Crippen molar-refractivity contribution in [3.8, 4) is 11.8 Å². The predicted octanol–water partition coefficient (Wildman–Crippen LogP) is 3.78. The van der Waals surface area contributed by atoms with Crippen LogP contribution < -0.4 is 5.32 Å². The summed E-state index contributed by atoms with van der Waals surface area (Å²) in [5.41, 5.74) is 3.67. The molecule has 0 radical (unpaired) electrons. The number of imidazole rings is 1. The highest BCUT2D eigenvalue weighted by molar-refractivity contribution is 5.93. The van der Waals surface area contributed by atoms with E-state index in [-0.39, 0.29) is 23.6 Å². The first kappa shape index (κ1) is 20.1. The highest BCUT2D eigenvalue weighted by Crippen LogP contribution is 2.56. The number of aryl methyl sites for hydroxylation is 1. The van der Waals surface area contributed by atoms with Gasteiger partial charge in [0.15, 0.2) is 0 Å². The number of likely N-dealkylation sites (tertiary alicyclic amines) is 1. The van der Waals surface area contributed by atoms with E-state index in [2.05, 4.69) is 32.1 Å². The summed E-state index contributed by atoms with van der Waals surface area (Å²) in [6, 6.07) is 12.6. The first-order chi connectivity index (χ1) is 19.6. The minimum absolute atomic E-state index is 0.196. The maximum atomic E-state index is 14.3. The molecule has 192 valence electrons. The van der Waals surface area contributed by atoms with Gasteiger partial charge >= 0.3 is 0 Å². The second-order valence-electron chi connectivity index (χ2n) is 10.8. The van der Waals surface area contributed by atoms with Gasteiger partial charge in [0, 0.05) is 63.4 Å². The Balaban J connectivity index is 1.18.